The zero-order valence-electron chi connectivity index (χ0n) is 18.8. The topological polar surface area (TPSA) is 168 Å². The lowest BCUT2D eigenvalue weighted by molar-refractivity contribution is -0.384. The number of methoxy groups -OCH3 is 1. The van der Waals surface area contributed by atoms with Gasteiger partial charge in [-0.25, -0.2) is 0 Å². The largest absolute Gasteiger partial charge is 0.507 e. The maximum atomic E-state index is 13.0. The van der Waals surface area contributed by atoms with Crippen LogP contribution in [-0.4, -0.2) is 56.5 Å². The van der Waals surface area contributed by atoms with Crippen LogP contribution >= 0.6 is 0 Å². The smallest absolute Gasteiger partial charge is 0.303 e. The predicted octanol–water partition coefficient (Wildman–Crippen LogP) is 3.38. The number of nitrogens with zero attached hydrogens (tertiary/aromatic N) is 2. The molecule has 0 aromatic heterocycles. The molecule has 0 bridgehead atoms. The van der Waals surface area contributed by atoms with Crippen LogP contribution < -0.4 is 4.74 Å². The van der Waals surface area contributed by atoms with Crippen LogP contribution in [0.1, 0.15) is 42.9 Å². The lowest BCUT2D eigenvalue weighted by Gasteiger charge is -2.25. The Morgan fingerprint density at radius 3 is 2.37 bits per heavy atom. The number of phenols is 1. The van der Waals surface area contributed by atoms with Crippen molar-refractivity contribution in [2.75, 3.05) is 13.7 Å². The van der Waals surface area contributed by atoms with Crippen molar-refractivity contribution in [3.05, 3.63) is 69.3 Å². The van der Waals surface area contributed by atoms with Crippen molar-refractivity contribution < 1.29 is 39.4 Å². The third-order valence-electron chi connectivity index (χ3n) is 5.70. The molecule has 1 saturated heterocycles. The van der Waals surface area contributed by atoms with E-state index in [1.807, 2.05) is 0 Å². The monoisotopic (exact) mass is 484 g/mol. The van der Waals surface area contributed by atoms with E-state index in [4.69, 9.17) is 9.84 Å². The molecule has 1 aliphatic heterocycles. The van der Waals surface area contributed by atoms with Crippen LogP contribution in [0, 0.1) is 10.1 Å². The number of phenolic OH excluding ortho intramolecular Hbond substituents is 1. The number of benzene rings is 2. The van der Waals surface area contributed by atoms with Gasteiger partial charge >= 0.3 is 5.97 Å². The predicted molar refractivity (Wildman–Crippen MR) is 123 cm³/mol. The number of carbonyl (C=O) groups is 3. The molecule has 1 fully saturated rings. The van der Waals surface area contributed by atoms with Crippen molar-refractivity contribution in [1.29, 1.82) is 0 Å². The SMILES string of the molecule is COc1cc([C@H]2C(=C(O)c3ccc([N+](=O)[O-])cc3)C(=O)C(=O)N2CCCCCC(=O)O)ccc1O. The Hall–Kier alpha value is -4.41. The molecule has 1 aliphatic rings. The fourth-order valence-electron chi connectivity index (χ4n) is 3.95. The van der Waals surface area contributed by atoms with Crippen LogP contribution in [0.4, 0.5) is 5.69 Å². The van der Waals surface area contributed by atoms with E-state index >= 15 is 0 Å². The molecule has 2 aromatic rings. The summed E-state index contributed by atoms with van der Waals surface area (Å²) in [4.78, 5) is 48.3. The fourth-order valence-corrected chi connectivity index (χ4v) is 3.95. The first-order valence-electron chi connectivity index (χ1n) is 10.8. The van der Waals surface area contributed by atoms with Gasteiger partial charge in [-0.15, -0.1) is 0 Å². The van der Waals surface area contributed by atoms with Gasteiger partial charge in [-0.1, -0.05) is 12.5 Å². The van der Waals surface area contributed by atoms with E-state index < -0.39 is 34.4 Å². The molecular weight excluding hydrogens is 460 g/mol. The molecule has 184 valence electrons. The number of carboxylic acid groups (broad SMARTS) is 1. The number of aliphatic carboxylic acids is 1. The third kappa shape index (κ3) is 5.40. The summed E-state index contributed by atoms with van der Waals surface area (Å²) in [5.74, 6) is -3.25. The Labute approximate surface area is 200 Å². The molecule has 0 saturated carbocycles. The van der Waals surface area contributed by atoms with Crippen molar-refractivity contribution in [3.8, 4) is 11.5 Å². The highest BCUT2D eigenvalue weighted by molar-refractivity contribution is 6.46. The summed E-state index contributed by atoms with van der Waals surface area (Å²) < 4.78 is 5.15. The molecule has 11 heteroatoms. The third-order valence-corrected chi connectivity index (χ3v) is 5.70. The number of hydrogen-bond donors (Lipinski definition) is 3. The van der Waals surface area contributed by atoms with Crippen LogP contribution in [0.15, 0.2) is 48.0 Å². The van der Waals surface area contributed by atoms with E-state index in [1.54, 1.807) is 0 Å². The highest BCUT2D eigenvalue weighted by Gasteiger charge is 2.46. The number of carboxylic acids is 1. The molecule has 1 amide bonds. The zero-order chi connectivity index (χ0) is 25.7. The number of carbonyl (C=O) groups excluding carboxylic acids is 2. The number of aromatic hydroxyl groups is 1. The first kappa shape index (κ1) is 25.2. The van der Waals surface area contributed by atoms with Gasteiger partial charge in [-0.2, -0.15) is 0 Å². The van der Waals surface area contributed by atoms with Crippen LogP contribution in [-0.2, 0) is 14.4 Å². The summed E-state index contributed by atoms with van der Waals surface area (Å²) in [6, 6.07) is 8.18. The molecule has 2 aromatic carbocycles. The van der Waals surface area contributed by atoms with Gasteiger partial charge in [0, 0.05) is 30.7 Å². The number of amides is 1. The molecule has 35 heavy (non-hydrogen) atoms. The number of nitro groups is 1. The number of rotatable bonds is 10. The quantitative estimate of drug-likeness (QED) is 0.114. The second kappa shape index (κ2) is 10.7. The van der Waals surface area contributed by atoms with Gasteiger partial charge in [0.15, 0.2) is 11.5 Å². The van der Waals surface area contributed by atoms with Crippen LogP contribution in [0.2, 0.25) is 0 Å². The van der Waals surface area contributed by atoms with Gasteiger partial charge in [0.2, 0.25) is 0 Å². The second-order valence-corrected chi connectivity index (χ2v) is 7.93. The van der Waals surface area contributed by atoms with Crippen LogP contribution in [0.5, 0.6) is 11.5 Å². The Morgan fingerprint density at radius 1 is 1.09 bits per heavy atom. The van der Waals surface area contributed by atoms with Gasteiger partial charge in [0.25, 0.3) is 17.4 Å². The van der Waals surface area contributed by atoms with Gasteiger partial charge in [-0.3, -0.25) is 24.5 Å². The number of nitro benzene ring substituents is 1. The minimum Gasteiger partial charge on any atom is -0.507 e. The number of Topliss-reactive ketones (excluding diaryl/α,β-unsaturated/α-hetero) is 1. The molecule has 0 unspecified atom stereocenters. The standard InChI is InChI=1S/C24H24N2O9/c1-35-18-13-15(8-11-17(18)27)21-20(22(30)14-6-9-16(10-7-14)26(33)34)23(31)24(32)25(21)12-4-2-3-5-19(28)29/h6-11,13,21,27,30H,2-5,12H2,1H3,(H,28,29)/t21-/m0/s1. The summed E-state index contributed by atoms with van der Waals surface area (Å²) in [5.41, 5.74) is 0.101. The Kier molecular flexibility index (Phi) is 7.69. The van der Waals surface area contributed by atoms with Crippen molar-refractivity contribution >= 4 is 29.1 Å². The number of aliphatic hydroxyl groups is 1. The lowest BCUT2D eigenvalue weighted by atomic mass is 9.94. The summed E-state index contributed by atoms with van der Waals surface area (Å²) >= 11 is 0. The first-order valence-corrected chi connectivity index (χ1v) is 10.8. The minimum absolute atomic E-state index is 0.0163. The molecule has 3 N–H and O–H groups in total. The second-order valence-electron chi connectivity index (χ2n) is 7.93. The Balaban J connectivity index is 2.04. The molecule has 0 aliphatic carbocycles. The van der Waals surface area contributed by atoms with Crippen LogP contribution in [0.25, 0.3) is 5.76 Å². The zero-order valence-corrected chi connectivity index (χ0v) is 18.8. The summed E-state index contributed by atoms with van der Waals surface area (Å²) in [7, 11) is 1.34. The Morgan fingerprint density at radius 2 is 1.77 bits per heavy atom. The van der Waals surface area contributed by atoms with Gasteiger partial charge in [0.1, 0.15) is 5.76 Å². The van der Waals surface area contributed by atoms with Crippen molar-refractivity contribution in [2.45, 2.75) is 31.7 Å². The maximum absolute atomic E-state index is 13.0. The summed E-state index contributed by atoms with van der Waals surface area (Å²) in [6.07, 6.45) is 1.31. The number of likely N-dealkylation sites (tertiary alicyclic amines) is 1. The average molecular weight is 484 g/mol. The number of non-ortho nitro benzene ring substituents is 1. The van der Waals surface area contributed by atoms with E-state index in [1.165, 1.54) is 54.5 Å². The maximum Gasteiger partial charge on any atom is 0.303 e. The normalized spacial score (nSPS) is 16.9. The van der Waals surface area contributed by atoms with E-state index in [0.717, 1.165) is 0 Å². The van der Waals surface area contributed by atoms with E-state index in [2.05, 4.69) is 0 Å². The number of ketones is 1. The average Bonchev–Trinajstić information content (AvgIpc) is 3.08. The van der Waals surface area contributed by atoms with E-state index in [0.29, 0.717) is 24.8 Å². The lowest BCUT2D eigenvalue weighted by Crippen LogP contribution is -2.30. The van der Waals surface area contributed by atoms with Crippen LogP contribution in [0.3, 0.4) is 0 Å². The molecule has 0 radical (unpaired) electrons. The van der Waals surface area contributed by atoms with E-state index in [-0.39, 0.29) is 41.3 Å². The highest BCUT2D eigenvalue weighted by Crippen LogP contribution is 2.42. The van der Waals surface area contributed by atoms with Gasteiger partial charge < -0.3 is 25.0 Å². The van der Waals surface area contributed by atoms with Gasteiger partial charge in [0.05, 0.1) is 23.6 Å². The number of aliphatic hydroxyl groups excluding tert-OH is 1. The molecule has 0 spiro atoms. The summed E-state index contributed by atoms with van der Waals surface area (Å²) in [5, 5.41) is 40.7. The van der Waals surface area contributed by atoms with E-state index in [9.17, 15) is 34.7 Å². The van der Waals surface area contributed by atoms with Gasteiger partial charge in [-0.05, 0) is 42.7 Å². The van der Waals surface area contributed by atoms with Crippen molar-refractivity contribution in [2.24, 2.45) is 0 Å². The molecule has 11 nitrogen and oxygen atoms in total. The number of unbranched alkanes of at least 4 members (excludes halogenated alkanes) is 2. The molecule has 3 rings (SSSR count). The number of ether oxygens (including phenoxy) is 1. The fraction of sp³-hybridized carbons (Fsp3) is 0.292. The highest BCUT2D eigenvalue weighted by atomic mass is 16.6. The molecule has 1 atom stereocenters. The van der Waals surface area contributed by atoms with Crippen molar-refractivity contribution in [1.82, 2.24) is 4.90 Å². The number of hydrogen-bond acceptors (Lipinski definition) is 8. The Bertz CT molecular complexity index is 1190. The minimum atomic E-state index is -1.01. The molecular formula is C24H24N2O9. The summed E-state index contributed by atoms with van der Waals surface area (Å²) in [6.45, 7) is 0.120. The first-order chi connectivity index (χ1) is 16.6. The molecule has 1 heterocycles. The van der Waals surface area contributed by atoms with Crippen molar-refractivity contribution in [3.63, 3.8) is 0 Å².